The molecule has 0 aromatic heterocycles. The number of ether oxygens (including phenoxy) is 1. The van der Waals surface area contributed by atoms with Crippen LogP contribution in [0.2, 0.25) is 0 Å². The zero-order valence-corrected chi connectivity index (χ0v) is 13.3. The number of hydrogen-bond acceptors (Lipinski definition) is 6. The molecule has 2 N–H and O–H groups in total. The lowest BCUT2D eigenvalue weighted by Gasteiger charge is -2.36. The van der Waals surface area contributed by atoms with E-state index in [0.29, 0.717) is 30.3 Å². The van der Waals surface area contributed by atoms with Crippen molar-refractivity contribution >= 4 is 33.0 Å². The Morgan fingerprint density at radius 2 is 2.20 bits per heavy atom. The van der Waals surface area contributed by atoms with Gasteiger partial charge < -0.3 is 15.4 Å². The van der Waals surface area contributed by atoms with E-state index in [-0.39, 0.29) is 0 Å². The summed E-state index contributed by atoms with van der Waals surface area (Å²) in [5.74, 6) is 2.16. The van der Waals surface area contributed by atoms with E-state index in [2.05, 4.69) is 0 Å². The van der Waals surface area contributed by atoms with Crippen LogP contribution in [-0.4, -0.2) is 44.7 Å². The molecule has 1 aromatic carbocycles. The van der Waals surface area contributed by atoms with Crippen molar-refractivity contribution in [1.29, 1.82) is 0 Å². The van der Waals surface area contributed by atoms with E-state index < -0.39 is 15.2 Å². The molecule has 2 rings (SSSR count). The summed E-state index contributed by atoms with van der Waals surface area (Å²) in [5.41, 5.74) is 7.28. The van der Waals surface area contributed by atoms with Gasteiger partial charge in [0.2, 0.25) is 0 Å². The fourth-order valence-electron chi connectivity index (χ4n) is 2.25. The number of hydrogen-bond donors (Lipinski definition) is 1. The second-order valence-corrected chi connectivity index (χ2v) is 8.10. The van der Waals surface area contributed by atoms with Gasteiger partial charge in [0.25, 0.3) is 0 Å². The summed E-state index contributed by atoms with van der Waals surface area (Å²) in [6, 6.07) is 5.41. The van der Waals surface area contributed by atoms with Gasteiger partial charge in [0.1, 0.15) is 11.1 Å². The zero-order valence-electron chi connectivity index (χ0n) is 11.7. The van der Waals surface area contributed by atoms with Crippen molar-refractivity contribution < 1.29 is 13.2 Å². The Hall–Kier alpha value is -1.08. The lowest BCUT2D eigenvalue weighted by molar-refractivity contribution is 0.340. The van der Waals surface area contributed by atoms with Gasteiger partial charge in [0.15, 0.2) is 9.84 Å². The first-order valence-corrected chi connectivity index (χ1v) is 9.59. The molecule has 5 nitrogen and oxygen atoms in total. The summed E-state index contributed by atoms with van der Waals surface area (Å²) < 4.78 is 29.4. The van der Waals surface area contributed by atoms with Gasteiger partial charge in [-0.3, -0.25) is 0 Å². The lowest BCUT2D eigenvalue weighted by atomic mass is 10.2. The number of thioether (sulfide) groups is 1. The molecule has 1 saturated heterocycles. The largest absolute Gasteiger partial charge is 0.494 e. The number of nitrogen functional groups attached to an aromatic ring is 1. The molecule has 0 bridgehead atoms. The molecule has 1 aliphatic rings. The van der Waals surface area contributed by atoms with Crippen molar-refractivity contribution in [3.05, 3.63) is 18.2 Å². The second-order valence-electron chi connectivity index (χ2n) is 4.75. The number of rotatable bonds is 4. The van der Waals surface area contributed by atoms with E-state index in [4.69, 9.17) is 10.5 Å². The highest BCUT2D eigenvalue weighted by molar-refractivity contribution is 8.01. The minimum absolute atomic E-state index is 0.502. The molecular weight excluding hydrogens is 296 g/mol. The van der Waals surface area contributed by atoms with Crippen LogP contribution in [0.3, 0.4) is 0 Å². The summed E-state index contributed by atoms with van der Waals surface area (Å²) in [5, 5.41) is -0.502. The topological polar surface area (TPSA) is 72.6 Å². The SMILES string of the molecule is CCOc1cc(N)cc(N2CCSCC2S(C)(=O)=O)c1. The average molecular weight is 316 g/mol. The van der Waals surface area contributed by atoms with Gasteiger partial charge >= 0.3 is 0 Å². The normalized spacial score (nSPS) is 19.9. The number of nitrogens with two attached hydrogens (primary N) is 1. The summed E-state index contributed by atoms with van der Waals surface area (Å²) in [4.78, 5) is 1.91. The molecule has 1 heterocycles. The predicted octanol–water partition coefficient (Wildman–Crippen LogP) is 1.59. The first kappa shape index (κ1) is 15.3. The van der Waals surface area contributed by atoms with Crippen LogP contribution < -0.4 is 15.4 Å². The first-order valence-electron chi connectivity index (χ1n) is 6.48. The molecule has 0 radical (unpaired) electrons. The predicted molar refractivity (Wildman–Crippen MR) is 85.3 cm³/mol. The summed E-state index contributed by atoms with van der Waals surface area (Å²) in [6.45, 7) is 3.14. The Bertz CT molecular complexity index is 575. The minimum atomic E-state index is -3.14. The van der Waals surface area contributed by atoms with Crippen LogP contribution in [0.15, 0.2) is 18.2 Å². The van der Waals surface area contributed by atoms with Crippen LogP contribution in [-0.2, 0) is 9.84 Å². The zero-order chi connectivity index (χ0) is 14.8. The van der Waals surface area contributed by atoms with Crippen molar-refractivity contribution in [2.45, 2.75) is 12.3 Å². The second kappa shape index (κ2) is 6.13. The van der Waals surface area contributed by atoms with Crippen LogP contribution in [0.1, 0.15) is 6.92 Å². The molecule has 0 saturated carbocycles. The third kappa shape index (κ3) is 3.52. The summed E-state index contributed by atoms with van der Waals surface area (Å²) in [6.07, 6.45) is 1.28. The summed E-state index contributed by atoms with van der Waals surface area (Å²) in [7, 11) is -3.14. The van der Waals surface area contributed by atoms with E-state index in [1.807, 2.05) is 17.9 Å². The highest BCUT2D eigenvalue weighted by Gasteiger charge is 2.31. The molecule has 0 spiro atoms. The van der Waals surface area contributed by atoms with E-state index >= 15 is 0 Å². The number of sulfone groups is 1. The van der Waals surface area contributed by atoms with E-state index in [9.17, 15) is 8.42 Å². The maximum absolute atomic E-state index is 11.9. The maximum Gasteiger partial charge on any atom is 0.169 e. The summed E-state index contributed by atoms with van der Waals surface area (Å²) >= 11 is 1.66. The number of anilines is 2. The van der Waals surface area contributed by atoms with Crippen molar-refractivity contribution in [3.8, 4) is 5.75 Å². The molecule has 1 atom stereocenters. The Kier molecular flexibility index (Phi) is 4.70. The van der Waals surface area contributed by atoms with Crippen molar-refractivity contribution in [3.63, 3.8) is 0 Å². The van der Waals surface area contributed by atoms with Crippen LogP contribution in [0.5, 0.6) is 5.75 Å². The van der Waals surface area contributed by atoms with Gasteiger partial charge in [0.05, 0.1) is 6.61 Å². The third-order valence-corrected chi connectivity index (χ3v) is 5.78. The molecule has 1 aliphatic heterocycles. The van der Waals surface area contributed by atoms with Crippen molar-refractivity contribution in [2.75, 3.05) is 41.5 Å². The first-order chi connectivity index (χ1) is 9.41. The molecule has 20 heavy (non-hydrogen) atoms. The maximum atomic E-state index is 11.9. The molecule has 112 valence electrons. The van der Waals surface area contributed by atoms with Gasteiger partial charge in [-0.15, -0.1) is 0 Å². The molecule has 7 heteroatoms. The standard InChI is InChI=1S/C13H20N2O3S2/c1-3-18-12-7-10(14)6-11(8-12)15-4-5-19-9-13(15)20(2,16)17/h6-8,13H,3-5,9,14H2,1-2H3. The lowest BCUT2D eigenvalue weighted by Crippen LogP contribution is -2.47. The quantitative estimate of drug-likeness (QED) is 0.851. The van der Waals surface area contributed by atoms with Gasteiger partial charge in [-0.2, -0.15) is 11.8 Å². The Morgan fingerprint density at radius 1 is 1.45 bits per heavy atom. The smallest absolute Gasteiger partial charge is 0.169 e. The van der Waals surface area contributed by atoms with E-state index in [0.717, 1.165) is 11.4 Å². The number of benzene rings is 1. The fourth-order valence-corrected chi connectivity index (χ4v) is 5.09. The van der Waals surface area contributed by atoms with Crippen molar-refractivity contribution in [2.24, 2.45) is 0 Å². The van der Waals surface area contributed by atoms with Crippen LogP contribution in [0.4, 0.5) is 11.4 Å². The van der Waals surface area contributed by atoms with Crippen LogP contribution in [0.25, 0.3) is 0 Å². The van der Waals surface area contributed by atoms with Gasteiger partial charge in [-0.1, -0.05) is 0 Å². The monoisotopic (exact) mass is 316 g/mol. The molecular formula is C13H20N2O3S2. The van der Waals surface area contributed by atoms with Gasteiger partial charge in [0, 0.05) is 47.8 Å². The van der Waals surface area contributed by atoms with E-state index in [1.54, 1.807) is 23.9 Å². The van der Waals surface area contributed by atoms with Crippen LogP contribution in [0, 0.1) is 0 Å². The van der Waals surface area contributed by atoms with Gasteiger partial charge in [-0.25, -0.2) is 8.42 Å². The highest BCUT2D eigenvalue weighted by Crippen LogP contribution is 2.31. The Labute approximate surface area is 124 Å². The molecule has 1 fully saturated rings. The molecule has 0 amide bonds. The fraction of sp³-hybridized carbons (Fsp3) is 0.538. The number of nitrogens with zero attached hydrogens (tertiary/aromatic N) is 1. The Morgan fingerprint density at radius 3 is 2.85 bits per heavy atom. The third-order valence-electron chi connectivity index (χ3n) is 3.14. The van der Waals surface area contributed by atoms with Crippen molar-refractivity contribution in [1.82, 2.24) is 0 Å². The highest BCUT2D eigenvalue weighted by atomic mass is 32.2. The average Bonchev–Trinajstić information content (AvgIpc) is 2.37. The van der Waals surface area contributed by atoms with Gasteiger partial charge in [-0.05, 0) is 13.0 Å². The van der Waals surface area contributed by atoms with E-state index in [1.165, 1.54) is 6.26 Å². The molecule has 0 aliphatic carbocycles. The Balaban J connectivity index is 2.37. The molecule has 1 unspecified atom stereocenters. The minimum Gasteiger partial charge on any atom is -0.494 e. The molecule has 1 aromatic rings. The van der Waals surface area contributed by atoms with Crippen LogP contribution >= 0.6 is 11.8 Å².